The largest absolute Gasteiger partial charge is 0.477 e. The third kappa shape index (κ3) is 49.7. The lowest BCUT2D eigenvalue weighted by molar-refractivity contribution is -0.887. The van der Waals surface area contributed by atoms with Gasteiger partial charge < -0.3 is 23.8 Å². The molecule has 0 bridgehead atoms. The topological polar surface area (TPSA) is 99.1 Å². The maximum absolute atomic E-state index is 12.8. The number of nitrogens with zero attached hydrogens (tertiary/aromatic N) is 1. The quantitative estimate of drug-likeness (QED) is 0.0280. The lowest BCUT2D eigenvalue weighted by atomic mass is 10.1. The van der Waals surface area contributed by atoms with Gasteiger partial charge in [-0.3, -0.25) is 9.59 Å². The zero-order chi connectivity index (χ0) is 51.3. The van der Waals surface area contributed by atoms with Crippen LogP contribution in [0.5, 0.6) is 0 Å². The number of carbonyl (C=O) groups excluding carboxylic acids is 2. The standard InChI is InChI=1S/C62H109NO7/c1-6-8-10-12-14-16-18-20-22-24-26-28-30-32-34-36-38-40-42-44-46-48-50-52-60(64)69-57-58(56-68-55-54-59(62(66)67)63(3,4)5)70-61(65)53-51-49-47-45-43-41-39-37-35-33-31-29-27-25-23-21-19-17-15-13-11-9-7-2/h8,10,14,16,20,22,26-29,33,35,58-59H,6-7,9,11-13,15,17-19,21,23-25,30-32,34,36-57H2,1-5H3/p+1/b10-8+,16-14+,22-20+,28-26+,29-27+,35-33+. The predicted molar refractivity (Wildman–Crippen MR) is 298 cm³/mol. The summed E-state index contributed by atoms with van der Waals surface area (Å²) in [6, 6.07) is -0.621. The van der Waals surface area contributed by atoms with Crippen molar-refractivity contribution in [1.82, 2.24) is 0 Å². The van der Waals surface area contributed by atoms with E-state index in [2.05, 4.69) is 86.8 Å². The Morgan fingerprint density at radius 3 is 1.19 bits per heavy atom. The molecule has 0 aliphatic rings. The van der Waals surface area contributed by atoms with Crippen LogP contribution in [0, 0.1) is 0 Å². The Morgan fingerprint density at radius 1 is 0.443 bits per heavy atom. The summed E-state index contributed by atoms with van der Waals surface area (Å²) in [6.45, 7) is 4.64. The molecule has 8 heteroatoms. The van der Waals surface area contributed by atoms with Crippen LogP contribution in [0.3, 0.4) is 0 Å². The van der Waals surface area contributed by atoms with E-state index in [0.29, 0.717) is 19.3 Å². The van der Waals surface area contributed by atoms with Gasteiger partial charge >= 0.3 is 17.9 Å². The van der Waals surface area contributed by atoms with Gasteiger partial charge in [-0.2, -0.15) is 0 Å². The van der Waals surface area contributed by atoms with Crippen molar-refractivity contribution in [3.8, 4) is 0 Å². The van der Waals surface area contributed by atoms with Crippen molar-refractivity contribution in [2.45, 2.75) is 264 Å². The van der Waals surface area contributed by atoms with Crippen LogP contribution in [-0.4, -0.2) is 80.6 Å². The smallest absolute Gasteiger partial charge is 0.362 e. The summed E-state index contributed by atoms with van der Waals surface area (Å²) in [5.74, 6) is -1.48. The molecule has 8 nitrogen and oxygen atoms in total. The lowest BCUT2D eigenvalue weighted by Crippen LogP contribution is -2.50. The molecule has 0 amide bonds. The van der Waals surface area contributed by atoms with E-state index in [0.717, 1.165) is 77.0 Å². The number of hydrogen-bond donors (Lipinski definition) is 1. The van der Waals surface area contributed by atoms with Crippen LogP contribution in [0.1, 0.15) is 251 Å². The molecular formula is C62H110NO7+. The molecule has 0 rings (SSSR count). The van der Waals surface area contributed by atoms with Crippen molar-refractivity contribution in [2.75, 3.05) is 41.0 Å². The number of carboxylic acids is 1. The van der Waals surface area contributed by atoms with Crippen molar-refractivity contribution < 1.29 is 38.2 Å². The molecule has 0 aromatic heterocycles. The summed E-state index contributed by atoms with van der Waals surface area (Å²) >= 11 is 0. The van der Waals surface area contributed by atoms with E-state index in [1.807, 2.05) is 21.1 Å². The molecule has 0 saturated heterocycles. The molecule has 0 aliphatic heterocycles. The van der Waals surface area contributed by atoms with Gasteiger partial charge in [0, 0.05) is 19.3 Å². The Labute approximate surface area is 431 Å². The van der Waals surface area contributed by atoms with Crippen molar-refractivity contribution in [3.63, 3.8) is 0 Å². The molecule has 2 unspecified atom stereocenters. The summed E-state index contributed by atoms with van der Waals surface area (Å²) in [6.07, 6.45) is 68.2. The summed E-state index contributed by atoms with van der Waals surface area (Å²) in [5, 5.41) is 9.68. The van der Waals surface area contributed by atoms with Crippen LogP contribution in [0.25, 0.3) is 0 Å². The van der Waals surface area contributed by atoms with Crippen molar-refractivity contribution >= 4 is 17.9 Å². The molecule has 0 spiro atoms. The van der Waals surface area contributed by atoms with Gasteiger partial charge in [0.1, 0.15) is 6.61 Å². The van der Waals surface area contributed by atoms with E-state index >= 15 is 0 Å². The Morgan fingerprint density at radius 2 is 0.800 bits per heavy atom. The number of ether oxygens (including phenoxy) is 3. The van der Waals surface area contributed by atoms with Crippen molar-refractivity contribution in [3.05, 3.63) is 72.9 Å². The zero-order valence-corrected chi connectivity index (χ0v) is 46.2. The molecule has 0 heterocycles. The molecule has 0 aromatic rings. The van der Waals surface area contributed by atoms with E-state index in [-0.39, 0.29) is 36.2 Å². The van der Waals surface area contributed by atoms with Crippen LogP contribution in [0.15, 0.2) is 72.9 Å². The average Bonchev–Trinajstić information content (AvgIpc) is 3.33. The lowest BCUT2D eigenvalue weighted by Gasteiger charge is -2.31. The second-order valence-corrected chi connectivity index (χ2v) is 20.5. The number of aliphatic carboxylic acids is 1. The normalized spacial score (nSPS) is 13.3. The molecule has 0 aliphatic carbocycles. The predicted octanol–water partition coefficient (Wildman–Crippen LogP) is 17.4. The SMILES string of the molecule is CC/C=C/C/C=C/C/C=C/C/C=C/CCCCCCCCCCCCC(=O)OCC(COCCC(C(=O)O)[N+](C)(C)C)OC(=O)CCCCCCCCC/C=C/C/C=C/CCCCCCCCCCC. The van der Waals surface area contributed by atoms with Gasteiger partial charge in [0.2, 0.25) is 0 Å². The van der Waals surface area contributed by atoms with Crippen LogP contribution >= 0.6 is 0 Å². The first kappa shape index (κ1) is 66.8. The van der Waals surface area contributed by atoms with E-state index in [1.165, 1.54) is 141 Å². The monoisotopic (exact) mass is 981 g/mol. The molecule has 0 aromatic carbocycles. The van der Waals surface area contributed by atoms with Gasteiger partial charge in [-0.25, -0.2) is 4.79 Å². The van der Waals surface area contributed by atoms with Gasteiger partial charge in [0.15, 0.2) is 12.1 Å². The van der Waals surface area contributed by atoms with E-state index in [4.69, 9.17) is 14.2 Å². The Kier molecular flexibility index (Phi) is 49.7. The van der Waals surface area contributed by atoms with Gasteiger partial charge in [-0.15, -0.1) is 0 Å². The van der Waals surface area contributed by atoms with Crippen LogP contribution in [0.2, 0.25) is 0 Å². The van der Waals surface area contributed by atoms with Gasteiger partial charge in [-0.1, -0.05) is 222 Å². The summed E-state index contributed by atoms with van der Waals surface area (Å²) in [5.41, 5.74) is 0. The molecule has 70 heavy (non-hydrogen) atoms. The fraction of sp³-hybridized carbons (Fsp3) is 0.758. The van der Waals surface area contributed by atoms with Gasteiger partial charge in [0.05, 0.1) is 34.4 Å². The second-order valence-electron chi connectivity index (χ2n) is 20.5. The van der Waals surface area contributed by atoms with E-state index in [9.17, 15) is 19.5 Å². The highest BCUT2D eigenvalue weighted by atomic mass is 16.6. The third-order valence-electron chi connectivity index (χ3n) is 12.8. The summed E-state index contributed by atoms with van der Waals surface area (Å²) < 4.78 is 17.4. The van der Waals surface area contributed by atoms with Crippen molar-refractivity contribution in [2.24, 2.45) is 0 Å². The van der Waals surface area contributed by atoms with E-state index < -0.39 is 18.1 Å². The maximum atomic E-state index is 12.8. The first-order chi connectivity index (χ1) is 34.1. The number of carboxylic acid groups (broad SMARTS) is 1. The molecule has 1 N–H and O–H groups in total. The molecule has 0 saturated carbocycles. The number of carbonyl (C=O) groups is 3. The number of likely N-dealkylation sites (N-methyl/N-ethyl adjacent to an activating group) is 1. The average molecular weight is 982 g/mol. The number of hydrogen-bond acceptors (Lipinski definition) is 6. The van der Waals surface area contributed by atoms with Crippen LogP contribution in [0.4, 0.5) is 0 Å². The Balaban J connectivity index is 4.20. The minimum Gasteiger partial charge on any atom is -0.477 e. The summed E-state index contributed by atoms with van der Waals surface area (Å²) in [4.78, 5) is 37.3. The van der Waals surface area contributed by atoms with Crippen LogP contribution in [-0.2, 0) is 28.6 Å². The number of rotatable bonds is 52. The summed E-state index contributed by atoms with van der Waals surface area (Å²) in [7, 11) is 5.54. The Bertz CT molecular complexity index is 1370. The fourth-order valence-corrected chi connectivity index (χ4v) is 8.41. The van der Waals surface area contributed by atoms with Gasteiger partial charge in [-0.05, 0) is 83.5 Å². The van der Waals surface area contributed by atoms with Gasteiger partial charge in [0.25, 0.3) is 0 Å². The molecular weight excluding hydrogens is 871 g/mol. The molecule has 404 valence electrons. The van der Waals surface area contributed by atoms with E-state index in [1.54, 1.807) is 0 Å². The Hall–Kier alpha value is -3.23. The fourth-order valence-electron chi connectivity index (χ4n) is 8.41. The highest BCUT2D eigenvalue weighted by Crippen LogP contribution is 2.16. The molecule has 2 atom stereocenters. The first-order valence-electron chi connectivity index (χ1n) is 29.0. The highest BCUT2D eigenvalue weighted by Gasteiger charge is 2.31. The number of esters is 2. The first-order valence-corrected chi connectivity index (χ1v) is 29.0. The minimum atomic E-state index is -0.877. The number of quaternary nitrogens is 1. The second kappa shape index (κ2) is 52.1. The molecule has 0 radical (unpaired) electrons. The van der Waals surface area contributed by atoms with Crippen molar-refractivity contribution in [1.29, 1.82) is 0 Å². The maximum Gasteiger partial charge on any atom is 0.362 e. The van der Waals surface area contributed by atoms with Crippen LogP contribution < -0.4 is 0 Å². The highest BCUT2D eigenvalue weighted by molar-refractivity contribution is 5.72. The number of unbranched alkanes of at least 4 members (excludes halogenated alkanes) is 26. The minimum absolute atomic E-state index is 0.0546. The molecule has 0 fully saturated rings. The zero-order valence-electron chi connectivity index (χ0n) is 46.2. The third-order valence-corrected chi connectivity index (χ3v) is 12.8. The number of allylic oxidation sites excluding steroid dienone is 12.